The first kappa shape index (κ1) is 57.4. The van der Waals surface area contributed by atoms with Crippen molar-refractivity contribution in [3.63, 3.8) is 0 Å². The minimum Gasteiger partial charge on any atom is -0.457 e. The lowest BCUT2D eigenvalue weighted by Crippen LogP contribution is -2.49. The molecule has 0 saturated heterocycles. The standard InChI is InChI=1S/C47H66N6O15/c54-37-48-23-13-1-2-14-24-49-44(59)53(28-18-6-5-17-27-52-47(62)68-36-32-64-30-34-66-43(58)41(56)39-21-11-8-12-22-39)45(60)50-25-15-3-4-16-26-51-46(61)67-35-31-63-29-33-65-42(57)40(55)38-19-9-7-10-20-38/h7-12,19-22H,1-6,13-18,23-36H2,(H,49,59)(H,50,60)(H,51,61)(H,52,62). The molecule has 0 spiro atoms. The molecular weight excluding hydrogens is 889 g/mol. The molecule has 2 aromatic rings. The van der Waals surface area contributed by atoms with Crippen molar-refractivity contribution >= 4 is 53.8 Å². The van der Waals surface area contributed by atoms with Gasteiger partial charge in [-0.3, -0.25) is 9.59 Å². The monoisotopic (exact) mass is 954 g/mol. The zero-order valence-corrected chi connectivity index (χ0v) is 38.7. The summed E-state index contributed by atoms with van der Waals surface area (Å²) in [6.45, 7) is 2.01. The number of nitrogens with zero attached hydrogens (tertiary/aromatic N) is 2. The molecule has 21 nitrogen and oxygen atoms in total. The van der Waals surface area contributed by atoms with E-state index >= 15 is 0 Å². The number of benzene rings is 2. The minimum absolute atomic E-state index is 0.0142. The number of hydrogen-bond donors (Lipinski definition) is 4. The number of isocyanates is 1. The van der Waals surface area contributed by atoms with Crippen molar-refractivity contribution in [1.29, 1.82) is 0 Å². The lowest BCUT2D eigenvalue weighted by atomic mass is 10.1. The third-order valence-corrected chi connectivity index (χ3v) is 9.54. The molecule has 4 N–H and O–H groups in total. The zero-order chi connectivity index (χ0) is 49.3. The molecule has 6 amide bonds. The molecule has 374 valence electrons. The fourth-order valence-corrected chi connectivity index (χ4v) is 5.95. The summed E-state index contributed by atoms with van der Waals surface area (Å²) < 4.78 is 30.5. The number of nitrogens with one attached hydrogen (secondary N) is 4. The molecular formula is C47H66N6O15. The fraction of sp³-hybridized carbons (Fsp3) is 0.553. The molecule has 2 aromatic carbocycles. The highest BCUT2D eigenvalue weighted by atomic mass is 16.6. The molecule has 0 aliphatic heterocycles. The van der Waals surface area contributed by atoms with Crippen LogP contribution in [-0.4, -0.2) is 151 Å². The predicted molar refractivity (Wildman–Crippen MR) is 246 cm³/mol. The van der Waals surface area contributed by atoms with Crippen LogP contribution in [0.25, 0.3) is 0 Å². The van der Waals surface area contributed by atoms with E-state index in [2.05, 4.69) is 26.3 Å². The summed E-state index contributed by atoms with van der Waals surface area (Å²) in [5.41, 5.74) is 0.468. The van der Waals surface area contributed by atoms with Crippen molar-refractivity contribution in [2.45, 2.75) is 77.0 Å². The number of carbonyl (C=O) groups is 8. The van der Waals surface area contributed by atoms with Gasteiger partial charge in [-0.15, -0.1) is 0 Å². The van der Waals surface area contributed by atoms with Gasteiger partial charge in [0.25, 0.3) is 11.6 Å². The van der Waals surface area contributed by atoms with Gasteiger partial charge in [0, 0.05) is 43.9 Å². The molecule has 0 bridgehead atoms. The number of carbonyl (C=O) groups excluding carboxylic acids is 9. The molecule has 21 heteroatoms. The average Bonchev–Trinajstić information content (AvgIpc) is 3.35. The average molecular weight is 955 g/mol. The first-order valence-corrected chi connectivity index (χ1v) is 23.0. The zero-order valence-electron chi connectivity index (χ0n) is 38.7. The Kier molecular flexibility index (Phi) is 32.4. The van der Waals surface area contributed by atoms with E-state index in [1.807, 2.05) is 0 Å². The van der Waals surface area contributed by atoms with E-state index in [9.17, 15) is 43.2 Å². The van der Waals surface area contributed by atoms with Crippen molar-refractivity contribution < 1.29 is 71.6 Å². The van der Waals surface area contributed by atoms with Crippen LogP contribution >= 0.6 is 0 Å². The van der Waals surface area contributed by atoms with E-state index in [4.69, 9.17) is 28.4 Å². The van der Waals surface area contributed by atoms with Crippen LogP contribution in [0.1, 0.15) is 97.8 Å². The van der Waals surface area contributed by atoms with Gasteiger partial charge in [-0.1, -0.05) is 99.2 Å². The number of hydrogen-bond acceptors (Lipinski definition) is 16. The van der Waals surface area contributed by atoms with E-state index < -0.39 is 47.8 Å². The van der Waals surface area contributed by atoms with Gasteiger partial charge < -0.3 is 49.7 Å². The second kappa shape index (κ2) is 38.4. The molecule has 0 fully saturated rings. The Bertz CT molecular complexity index is 1850. The van der Waals surface area contributed by atoms with Gasteiger partial charge >= 0.3 is 36.2 Å². The lowest BCUT2D eigenvalue weighted by molar-refractivity contribution is -0.140. The van der Waals surface area contributed by atoms with Crippen LogP contribution in [0.2, 0.25) is 0 Å². The Labute approximate surface area is 396 Å². The highest BCUT2D eigenvalue weighted by Crippen LogP contribution is 2.06. The molecule has 68 heavy (non-hydrogen) atoms. The van der Waals surface area contributed by atoms with Gasteiger partial charge in [0.15, 0.2) is 0 Å². The Hall–Kier alpha value is -6.70. The summed E-state index contributed by atoms with van der Waals surface area (Å²) in [5.74, 6) is -3.45. The molecule has 0 saturated carbocycles. The summed E-state index contributed by atoms with van der Waals surface area (Å²) in [4.78, 5) is 113. The first-order valence-electron chi connectivity index (χ1n) is 23.0. The summed E-state index contributed by atoms with van der Waals surface area (Å²) in [6.07, 6.45) is 8.90. The number of alkyl carbamates (subject to hydrolysis) is 2. The van der Waals surface area contributed by atoms with Crippen LogP contribution < -0.4 is 21.3 Å². The topological polar surface area (TPSA) is 273 Å². The highest BCUT2D eigenvalue weighted by molar-refractivity contribution is 6.41. The molecule has 0 unspecified atom stereocenters. The molecule has 0 heterocycles. The van der Waals surface area contributed by atoms with Gasteiger partial charge in [-0.05, 0) is 38.5 Å². The number of esters is 2. The summed E-state index contributed by atoms with van der Waals surface area (Å²) in [5, 5.41) is 10.9. The fourth-order valence-electron chi connectivity index (χ4n) is 5.95. The summed E-state index contributed by atoms with van der Waals surface area (Å²) >= 11 is 0. The molecule has 0 aromatic heterocycles. The van der Waals surface area contributed by atoms with Gasteiger partial charge in [0.05, 0.1) is 33.0 Å². The number of unbranched alkanes of at least 4 members (excludes halogenated alkanes) is 9. The van der Waals surface area contributed by atoms with E-state index in [0.717, 1.165) is 43.4 Å². The number of Topliss-reactive ketones (excluding diaryl/α,β-unsaturated/α-hetero) is 2. The molecule has 2 rings (SSSR count). The van der Waals surface area contributed by atoms with Crippen molar-refractivity contribution in [2.75, 3.05) is 92.1 Å². The number of imide groups is 1. The number of ether oxygens (including phenoxy) is 6. The maximum atomic E-state index is 13.1. The Morgan fingerprint density at radius 1 is 0.441 bits per heavy atom. The van der Waals surface area contributed by atoms with Crippen LogP contribution in [-0.2, 0) is 42.8 Å². The largest absolute Gasteiger partial charge is 0.457 e. The van der Waals surface area contributed by atoms with Gasteiger partial charge in [0.1, 0.15) is 26.4 Å². The number of rotatable bonds is 37. The Morgan fingerprint density at radius 3 is 1.22 bits per heavy atom. The molecule has 0 radical (unpaired) electrons. The highest BCUT2D eigenvalue weighted by Gasteiger charge is 2.21. The van der Waals surface area contributed by atoms with E-state index in [1.54, 1.807) is 36.4 Å². The number of aliphatic imine (C=N–C) groups is 1. The van der Waals surface area contributed by atoms with Crippen molar-refractivity contribution in [3.05, 3.63) is 71.8 Å². The minimum atomic E-state index is -0.980. The third-order valence-electron chi connectivity index (χ3n) is 9.54. The number of amides is 6. The lowest BCUT2D eigenvalue weighted by Gasteiger charge is -2.22. The summed E-state index contributed by atoms with van der Waals surface area (Å²) in [7, 11) is 0. The molecule has 0 atom stereocenters. The van der Waals surface area contributed by atoms with Gasteiger partial charge in [-0.25, -0.2) is 43.5 Å². The van der Waals surface area contributed by atoms with Crippen LogP contribution in [0, 0.1) is 0 Å². The van der Waals surface area contributed by atoms with Crippen LogP contribution in [0.5, 0.6) is 0 Å². The van der Waals surface area contributed by atoms with Crippen molar-refractivity contribution in [3.8, 4) is 0 Å². The molecule has 0 aliphatic rings. The second-order valence-electron chi connectivity index (χ2n) is 14.8. The summed E-state index contributed by atoms with van der Waals surface area (Å²) in [6, 6.07) is 15.1. The number of ketones is 2. The van der Waals surface area contributed by atoms with Crippen molar-refractivity contribution in [1.82, 2.24) is 26.2 Å². The normalized spacial score (nSPS) is 10.4. The van der Waals surface area contributed by atoms with Crippen LogP contribution in [0.15, 0.2) is 65.7 Å². The number of urea groups is 2. The van der Waals surface area contributed by atoms with Gasteiger partial charge in [0.2, 0.25) is 6.08 Å². The van der Waals surface area contributed by atoms with Crippen LogP contribution in [0.4, 0.5) is 19.2 Å². The Balaban J connectivity index is 1.54. The van der Waals surface area contributed by atoms with Gasteiger partial charge in [-0.2, -0.15) is 0 Å². The van der Waals surface area contributed by atoms with E-state index in [0.29, 0.717) is 71.2 Å². The second-order valence-corrected chi connectivity index (χ2v) is 14.8. The predicted octanol–water partition coefficient (Wildman–Crippen LogP) is 5.06. The maximum absolute atomic E-state index is 13.1. The quantitative estimate of drug-likeness (QED) is 0.0131. The Morgan fingerprint density at radius 2 is 0.809 bits per heavy atom. The van der Waals surface area contributed by atoms with Crippen LogP contribution in [0.3, 0.4) is 0 Å². The van der Waals surface area contributed by atoms with Crippen molar-refractivity contribution in [2.24, 2.45) is 4.99 Å². The van der Waals surface area contributed by atoms with E-state index in [1.165, 1.54) is 30.3 Å². The molecule has 0 aliphatic carbocycles. The SMILES string of the molecule is O=C=NCCCCCCNC(=O)N(CCCCCCNC(=O)OCCOCCOC(=O)C(=O)c1ccccc1)C(=O)NCCCCCCNC(=O)OCCOCCOC(=O)C(=O)c1ccccc1. The maximum Gasteiger partial charge on any atom is 0.407 e. The first-order chi connectivity index (χ1) is 33.1. The smallest absolute Gasteiger partial charge is 0.407 e. The van der Waals surface area contributed by atoms with E-state index in [-0.39, 0.29) is 70.5 Å². The third kappa shape index (κ3) is 28.4.